The fourth-order valence-electron chi connectivity index (χ4n) is 5.98. The van der Waals surface area contributed by atoms with Gasteiger partial charge in [-0.05, 0) is 55.7 Å². The zero-order valence-electron chi connectivity index (χ0n) is 23.2. The number of hydrogen-bond donors (Lipinski definition) is 3. The fraction of sp³-hybridized carbons (Fsp3) is 0.516. The van der Waals surface area contributed by atoms with Gasteiger partial charge in [-0.2, -0.15) is 0 Å². The minimum atomic E-state index is -0.650. The SMILES string of the molecule is CNC(C)C(=O)NC(C(=O)N1CCC2CCC(NC(=O)C(c3ccccc3)c3ccccc3)C21)C(C)(C)C. The second-order valence-corrected chi connectivity index (χ2v) is 11.8. The van der Waals surface area contributed by atoms with E-state index in [4.69, 9.17) is 0 Å². The second-order valence-electron chi connectivity index (χ2n) is 11.8. The molecule has 5 unspecified atom stereocenters. The number of hydrogen-bond acceptors (Lipinski definition) is 4. The predicted octanol–water partition coefficient (Wildman–Crippen LogP) is 3.45. The first kappa shape index (κ1) is 27.8. The Morgan fingerprint density at radius 1 is 0.868 bits per heavy atom. The zero-order valence-corrected chi connectivity index (χ0v) is 23.2. The zero-order chi connectivity index (χ0) is 27.4. The summed E-state index contributed by atoms with van der Waals surface area (Å²) in [5.41, 5.74) is 1.43. The van der Waals surface area contributed by atoms with E-state index in [1.165, 1.54) is 0 Å². The Balaban J connectivity index is 1.55. The summed E-state index contributed by atoms with van der Waals surface area (Å²) in [6.45, 7) is 8.36. The third-order valence-electron chi connectivity index (χ3n) is 8.21. The number of carbonyl (C=O) groups excluding carboxylic acids is 3. The lowest BCUT2D eigenvalue weighted by Crippen LogP contribution is -2.60. The van der Waals surface area contributed by atoms with Gasteiger partial charge in [0.15, 0.2) is 0 Å². The molecule has 2 aromatic carbocycles. The van der Waals surface area contributed by atoms with Gasteiger partial charge >= 0.3 is 0 Å². The molecular weight excluding hydrogens is 476 g/mol. The van der Waals surface area contributed by atoms with E-state index in [1.54, 1.807) is 14.0 Å². The molecule has 4 rings (SSSR count). The van der Waals surface area contributed by atoms with E-state index in [0.29, 0.717) is 12.5 Å². The van der Waals surface area contributed by atoms with Crippen LogP contribution >= 0.6 is 0 Å². The lowest BCUT2D eigenvalue weighted by Gasteiger charge is -2.38. The summed E-state index contributed by atoms with van der Waals surface area (Å²) in [4.78, 5) is 42.5. The molecule has 7 nitrogen and oxygen atoms in total. The van der Waals surface area contributed by atoms with Crippen molar-refractivity contribution < 1.29 is 14.4 Å². The normalized spacial score (nSPS) is 22.6. The van der Waals surface area contributed by atoms with Gasteiger partial charge in [-0.25, -0.2) is 0 Å². The molecule has 1 saturated carbocycles. The summed E-state index contributed by atoms with van der Waals surface area (Å²) >= 11 is 0. The Morgan fingerprint density at radius 3 is 1.97 bits per heavy atom. The highest BCUT2D eigenvalue weighted by Gasteiger charge is 2.49. The molecule has 2 fully saturated rings. The summed E-state index contributed by atoms with van der Waals surface area (Å²) in [5.74, 6) is -0.377. The summed E-state index contributed by atoms with van der Waals surface area (Å²) in [5, 5.41) is 9.30. The Bertz CT molecular complexity index is 1080. The second kappa shape index (κ2) is 11.7. The molecule has 1 aliphatic carbocycles. The van der Waals surface area contributed by atoms with E-state index in [1.807, 2.05) is 86.3 Å². The van der Waals surface area contributed by atoms with Crippen LogP contribution < -0.4 is 16.0 Å². The molecule has 5 atom stereocenters. The van der Waals surface area contributed by atoms with Crippen LogP contribution in [0.4, 0.5) is 0 Å². The molecule has 0 bridgehead atoms. The van der Waals surface area contributed by atoms with Crippen molar-refractivity contribution in [3.8, 4) is 0 Å². The summed E-state index contributed by atoms with van der Waals surface area (Å²) < 4.78 is 0. The lowest BCUT2D eigenvalue weighted by molar-refractivity contribution is -0.141. The van der Waals surface area contributed by atoms with Crippen LogP contribution in [0.3, 0.4) is 0 Å². The molecule has 2 aromatic rings. The van der Waals surface area contributed by atoms with Crippen LogP contribution in [-0.4, -0.2) is 60.4 Å². The summed E-state index contributed by atoms with van der Waals surface area (Å²) in [7, 11) is 1.73. The first-order valence-electron chi connectivity index (χ1n) is 13.8. The number of nitrogens with zero attached hydrogens (tertiary/aromatic N) is 1. The Hall–Kier alpha value is -3.19. The quantitative estimate of drug-likeness (QED) is 0.499. The van der Waals surface area contributed by atoms with Crippen molar-refractivity contribution in [3.05, 3.63) is 71.8 Å². The first-order valence-corrected chi connectivity index (χ1v) is 13.8. The van der Waals surface area contributed by atoms with Crippen LogP contribution in [-0.2, 0) is 14.4 Å². The van der Waals surface area contributed by atoms with Crippen molar-refractivity contribution in [2.45, 2.75) is 77.0 Å². The number of fused-ring (bicyclic) bond motifs is 1. The Labute approximate surface area is 226 Å². The first-order chi connectivity index (χ1) is 18.1. The number of likely N-dealkylation sites (N-methyl/N-ethyl adjacent to an activating group) is 1. The van der Waals surface area contributed by atoms with Gasteiger partial charge in [0.2, 0.25) is 17.7 Å². The minimum absolute atomic E-state index is 0.0455. The van der Waals surface area contributed by atoms with Crippen LogP contribution in [0.1, 0.15) is 64.0 Å². The van der Waals surface area contributed by atoms with E-state index in [9.17, 15) is 14.4 Å². The van der Waals surface area contributed by atoms with E-state index < -0.39 is 23.4 Å². The Kier molecular flexibility index (Phi) is 8.56. The smallest absolute Gasteiger partial charge is 0.246 e. The highest BCUT2D eigenvalue weighted by atomic mass is 16.2. The van der Waals surface area contributed by atoms with Crippen molar-refractivity contribution in [3.63, 3.8) is 0 Å². The number of carbonyl (C=O) groups is 3. The molecule has 7 heteroatoms. The molecule has 0 spiro atoms. The van der Waals surface area contributed by atoms with E-state index in [0.717, 1.165) is 30.4 Å². The van der Waals surface area contributed by atoms with Crippen LogP contribution in [0.5, 0.6) is 0 Å². The molecule has 2 aliphatic rings. The number of rotatable bonds is 8. The minimum Gasteiger partial charge on any atom is -0.350 e. The van der Waals surface area contributed by atoms with Gasteiger partial charge in [-0.1, -0.05) is 81.4 Å². The molecule has 0 aromatic heterocycles. The van der Waals surface area contributed by atoms with Gasteiger partial charge in [0.05, 0.1) is 18.0 Å². The average Bonchev–Trinajstić information content (AvgIpc) is 3.50. The molecule has 1 saturated heterocycles. The monoisotopic (exact) mass is 518 g/mol. The van der Waals surface area contributed by atoms with E-state index in [2.05, 4.69) is 16.0 Å². The molecule has 3 N–H and O–H groups in total. The van der Waals surface area contributed by atoms with Crippen LogP contribution in [0, 0.1) is 11.3 Å². The van der Waals surface area contributed by atoms with Crippen molar-refractivity contribution in [2.75, 3.05) is 13.6 Å². The van der Waals surface area contributed by atoms with Gasteiger partial charge in [-0.3, -0.25) is 14.4 Å². The average molecular weight is 519 g/mol. The highest BCUT2D eigenvalue weighted by molar-refractivity contribution is 5.91. The van der Waals surface area contributed by atoms with Crippen molar-refractivity contribution in [1.82, 2.24) is 20.9 Å². The highest BCUT2D eigenvalue weighted by Crippen LogP contribution is 2.40. The standard InChI is InChI=1S/C31H42N4O3/c1-20(32-5)28(36)34-27(31(2,3)4)30(38)35-19-18-23-16-17-24(26(23)35)33-29(37)25(21-12-8-6-9-13-21)22-14-10-7-11-15-22/h6-15,20,23-27,32H,16-19H2,1-5H3,(H,33,37)(H,34,36). The molecule has 0 radical (unpaired) electrons. The van der Waals surface area contributed by atoms with Crippen LogP contribution in [0.15, 0.2) is 60.7 Å². The fourth-order valence-corrected chi connectivity index (χ4v) is 5.98. The predicted molar refractivity (Wildman–Crippen MR) is 149 cm³/mol. The van der Waals surface area contributed by atoms with Crippen molar-refractivity contribution in [1.29, 1.82) is 0 Å². The van der Waals surface area contributed by atoms with Gasteiger partial charge in [0.1, 0.15) is 6.04 Å². The van der Waals surface area contributed by atoms with Gasteiger partial charge in [0, 0.05) is 12.6 Å². The number of likely N-dealkylation sites (tertiary alicyclic amines) is 1. The molecular formula is C31H42N4O3. The Morgan fingerprint density at radius 2 is 1.45 bits per heavy atom. The van der Waals surface area contributed by atoms with Crippen molar-refractivity contribution in [2.24, 2.45) is 11.3 Å². The third-order valence-corrected chi connectivity index (χ3v) is 8.21. The molecule has 1 heterocycles. The maximum atomic E-state index is 14.0. The summed E-state index contributed by atoms with van der Waals surface area (Å²) in [6, 6.07) is 18.4. The molecule has 204 valence electrons. The number of amides is 3. The lowest BCUT2D eigenvalue weighted by atomic mass is 9.85. The molecule has 1 aliphatic heterocycles. The third kappa shape index (κ3) is 5.93. The van der Waals surface area contributed by atoms with E-state index in [-0.39, 0.29) is 29.8 Å². The number of nitrogens with one attached hydrogen (secondary N) is 3. The van der Waals surface area contributed by atoms with Crippen molar-refractivity contribution >= 4 is 17.7 Å². The van der Waals surface area contributed by atoms with Gasteiger partial charge in [0.25, 0.3) is 0 Å². The summed E-state index contributed by atoms with van der Waals surface area (Å²) in [6.07, 6.45) is 2.73. The number of benzene rings is 2. The van der Waals surface area contributed by atoms with E-state index >= 15 is 0 Å². The maximum Gasteiger partial charge on any atom is 0.246 e. The van der Waals surface area contributed by atoms with Gasteiger partial charge < -0.3 is 20.9 Å². The molecule has 3 amide bonds. The maximum absolute atomic E-state index is 14.0. The largest absolute Gasteiger partial charge is 0.350 e. The molecule has 38 heavy (non-hydrogen) atoms. The van der Waals surface area contributed by atoms with Crippen LogP contribution in [0.25, 0.3) is 0 Å². The van der Waals surface area contributed by atoms with Gasteiger partial charge in [-0.15, -0.1) is 0 Å². The topological polar surface area (TPSA) is 90.5 Å². The van der Waals surface area contributed by atoms with Crippen LogP contribution in [0.2, 0.25) is 0 Å².